The Hall–Kier alpha value is -2.54. The van der Waals surface area contributed by atoms with Crippen LogP contribution < -0.4 is 5.32 Å². The molecule has 0 saturated carbocycles. The summed E-state index contributed by atoms with van der Waals surface area (Å²) in [6.45, 7) is 0.691. The zero-order valence-corrected chi connectivity index (χ0v) is 16.8. The summed E-state index contributed by atoms with van der Waals surface area (Å²) in [6, 6.07) is 10.1. The molecule has 3 aromatic rings. The first-order valence-corrected chi connectivity index (χ1v) is 10.6. The van der Waals surface area contributed by atoms with E-state index in [1.54, 1.807) is 0 Å². The van der Waals surface area contributed by atoms with Crippen molar-refractivity contribution in [1.82, 2.24) is 20.1 Å². The lowest BCUT2D eigenvalue weighted by atomic mass is 9.97. The van der Waals surface area contributed by atoms with Crippen LogP contribution >= 0.6 is 11.8 Å². The minimum atomic E-state index is -0.00855. The Balaban J connectivity index is 1.30. The molecule has 146 valence electrons. The average Bonchev–Trinajstić information content (AvgIpc) is 3.32. The van der Waals surface area contributed by atoms with Crippen molar-refractivity contribution in [2.45, 2.75) is 37.3 Å². The van der Waals surface area contributed by atoms with E-state index in [1.165, 1.54) is 43.0 Å². The van der Waals surface area contributed by atoms with Crippen LogP contribution in [0.1, 0.15) is 32.1 Å². The molecule has 2 heterocycles. The summed E-state index contributed by atoms with van der Waals surface area (Å²) in [5.41, 5.74) is 3.44. The highest BCUT2D eigenvalue weighted by molar-refractivity contribution is 7.99. The Bertz CT molecular complexity index is 1000. The molecule has 1 amide bonds. The van der Waals surface area contributed by atoms with Gasteiger partial charge >= 0.3 is 0 Å². The lowest BCUT2D eigenvalue weighted by molar-refractivity contribution is -0.118. The number of benzene rings is 1. The van der Waals surface area contributed by atoms with E-state index in [-0.39, 0.29) is 11.7 Å². The van der Waals surface area contributed by atoms with Crippen LogP contribution in [0.2, 0.25) is 0 Å². The van der Waals surface area contributed by atoms with Crippen LogP contribution in [0.4, 0.5) is 0 Å². The number of nitrogens with one attached hydrogen (secondary N) is 1. The number of hydrogen-bond donors (Lipinski definition) is 1. The van der Waals surface area contributed by atoms with Crippen molar-refractivity contribution >= 4 is 28.6 Å². The molecule has 2 aromatic heterocycles. The predicted molar refractivity (Wildman–Crippen MR) is 111 cm³/mol. The van der Waals surface area contributed by atoms with Crippen LogP contribution in [0.25, 0.3) is 22.5 Å². The third kappa shape index (κ3) is 4.30. The van der Waals surface area contributed by atoms with Gasteiger partial charge in [-0.3, -0.25) is 4.79 Å². The van der Waals surface area contributed by atoms with Gasteiger partial charge in [-0.15, -0.1) is 10.2 Å². The molecule has 6 nitrogen and oxygen atoms in total. The normalized spacial score (nSPS) is 14.2. The summed E-state index contributed by atoms with van der Waals surface area (Å²) in [5, 5.41) is 12.7. The summed E-state index contributed by atoms with van der Waals surface area (Å²) in [7, 11) is 1.98. The molecule has 1 aliphatic rings. The zero-order chi connectivity index (χ0) is 19.3. The van der Waals surface area contributed by atoms with Gasteiger partial charge in [0.05, 0.1) is 5.75 Å². The van der Waals surface area contributed by atoms with Crippen LogP contribution in [0.15, 0.2) is 51.6 Å². The van der Waals surface area contributed by atoms with Crippen molar-refractivity contribution in [3.05, 3.63) is 42.0 Å². The van der Waals surface area contributed by atoms with Crippen molar-refractivity contribution < 1.29 is 9.21 Å². The van der Waals surface area contributed by atoms with Gasteiger partial charge in [0.25, 0.3) is 11.1 Å². The molecular formula is C21H24N4O2S. The van der Waals surface area contributed by atoms with Crippen molar-refractivity contribution in [2.75, 3.05) is 12.3 Å². The maximum absolute atomic E-state index is 12.1. The second-order valence-corrected chi connectivity index (χ2v) is 7.94. The molecule has 0 bridgehead atoms. The monoisotopic (exact) mass is 396 g/mol. The van der Waals surface area contributed by atoms with E-state index in [1.807, 2.05) is 29.8 Å². The number of carbonyl (C=O) groups is 1. The number of aromatic nitrogens is 3. The summed E-state index contributed by atoms with van der Waals surface area (Å²) in [4.78, 5) is 12.1. The number of carbonyl (C=O) groups excluding carboxylic acids is 1. The number of para-hydroxylation sites is 1. The number of nitrogens with zero attached hydrogens (tertiary/aromatic N) is 3. The molecule has 0 unspecified atom stereocenters. The van der Waals surface area contributed by atoms with Crippen LogP contribution in [0.3, 0.4) is 0 Å². The van der Waals surface area contributed by atoms with Gasteiger partial charge < -0.3 is 14.3 Å². The fraction of sp³-hybridized carbons (Fsp3) is 0.381. The summed E-state index contributed by atoms with van der Waals surface area (Å²) in [6.07, 6.45) is 8.17. The van der Waals surface area contributed by atoms with Crippen LogP contribution in [0, 0.1) is 0 Å². The molecule has 0 radical (unpaired) electrons. The first kappa shape index (κ1) is 18.8. The Kier molecular flexibility index (Phi) is 5.81. The van der Waals surface area contributed by atoms with Crippen molar-refractivity contribution in [3.63, 3.8) is 0 Å². The number of amides is 1. The van der Waals surface area contributed by atoms with E-state index in [4.69, 9.17) is 4.42 Å². The molecule has 28 heavy (non-hydrogen) atoms. The highest BCUT2D eigenvalue weighted by atomic mass is 32.2. The topological polar surface area (TPSA) is 73.0 Å². The Morgan fingerprint density at radius 3 is 3.00 bits per heavy atom. The van der Waals surface area contributed by atoms with E-state index >= 15 is 0 Å². The largest absolute Gasteiger partial charge is 0.410 e. The van der Waals surface area contributed by atoms with E-state index in [0.29, 0.717) is 17.7 Å². The molecule has 7 heteroatoms. The number of allylic oxidation sites excluding steroid dienone is 1. The molecular weight excluding hydrogens is 372 g/mol. The molecule has 4 rings (SSSR count). The van der Waals surface area contributed by atoms with Crippen LogP contribution in [-0.2, 0) is 11.8 Å². The van der Waals surface area contributed by atoms with Crippen molar-refractivity contribution in [1.29, 1.82) is 0 Å². The number of rotatable bonds is 7. The molecule has 1 aromatic carbocycles. The maximum atomic E-state index is 12.1. The third-order valence-corrected chi connectivity index (χ3v) is 5.88. The first-order valence-electron chi connectivity index (χ1n) is 9.66. The van der Waals surface area contributed by atoms with Gasteiger partial charge in [0.15, 0.2) is 0 Å². The lowest BCUT2D eigenvalue weighted by Crippen LogP contribution is -2.26. The summed E-state index contributed by atoms with van der Waals surface area (Å²) < 4.78 is 7.79. The maximum Gasteiger partial charge on any atom is 0.277 e. The van der Waals surface area contributed by atoms with E-state index < -0.39 is 0 Å². The van der Waals surface area contributed by atoms with Gasteiger partial charge in [0.1, 0.15) is 5.69 Å². The van der Waals surface area contributed by atoms with Gasteiger partial charge in [-0.2, -0.15) is 0 Å². The minimum absolute atomic E-state index is 0.00855. The number of hydrogen-bond acceptors (Lipinski definition) is 5. The molecule has 0 aliphatic heterocycles. The van der Waals surface area contributed by atoms with Gasteiger partial charge in [-0.05, 0) is 44.2 Å². The molecule has 0 atom stereocenters. The number of thioether (sulfide) groups is 1. The third-order valence-electron chi connectivity index (χ3n) is 5.06. The van der Waals surface area contributed by atoms with E-state index in [0.717, 1.165) is 23.0 Å². The minimum Gasteiger partial charge on any atom is -0.410 e. The Labute approximate surface area is 168 Å². The summed E-state index contributed by atoms with van der Waals surface area (Å²) >= 11 is 1.27. The quantitative estimate of drug-likeness (QED) is 0.475. The van der Waals surface area contributed by atoms with Crippen molar-refractivity contribution in [2.24, 2.45) is 7.05 Å². The predicted octanol–water partition coefficient (Wildman–Crippen LogP) is 4.33. The number of aryl methyl sites for hydroxylation is 1. The summed E-state index contributed by atoms with van der Waals surface area (Å²) in [5.74, 6) is 0.729. The van der Waals surface area contributed by atoms with Gasteiger partial charge in [-0.25, -0.2) is 0 Å². The Morgan fingerprint density at radius 1 is 1.29 bits per heavy atom. The van der Waals surface area contributed by atoms with Crippen LogP contribution in [0.5, 0.6) is 0 Å². The highest BCUT2D eigenvalue weighted by Gasteiger charge is 2.15. The lowest BCUT2D eigenvalue weighted by Gasteiger charge is -2.12. The second-order valence-electron chi connectivity index (χ2n) is 7.02. The van der Waals surface area contributed by atoms with Gasteiger partial charge in [0, 0.05) is 24.5 Å². The van der Waals surface area contributed by atoms with Gasteiger partial charge in [0.2, 0.25) is 5.91 Å². The fourth-order valence-corrected chi connectivity index (χ4v) is 4.13. The Morgan fingerprint density at radius 2 is 2.18 bits per heavy atom. The van der Waals surface area contributed by atoms with Gasteiger partial charge in [-0.1, -0.05) is 41.6 Å². The zero-order valence-electron chi connectivity index (χ0n) is 16.0. The molecule has 1 N–H and O–H groups in total. The molecule has 0 fully saturated rings. The molecule has 0 saturated heterocycles. The number of fused-ring (bicyclic) bond motifs is 1. The first-order chi connectivity index (χ1) is 13.7. The second kappa shape index (κ2) is 8.65. The highest BCUT2D eigenvalue weighted by Crippen LogP contribution is 2.28. The van der Waals surface area contributed by atoms with Crippen molar-refractivity contribution in [3.8, 4) is 11.6 Å². The van der Waals surface area contributed by atoms with Crippen LogP contribution in [-0.4, -0.2) is 33.0 Å². The standard InChI is InChI=1S/C21H24N4O2S/c1-25-17-10-6-5-9-16(17)13-18(25)20-23-24-21(27-20)28-14-19(26)22-12-11-15-7-3-2-4-8-15/h5-7,9-10,13H,2-4,8,11-12,14H2,1H3,(H,22,26). The smallest absolute Gasteiger partial charge is 0.277 e. The fourth-order valence-electron chi connectivity index (χ4n) is 3.54. The molecule has 0 spiro atoms. The van der Waals surface area contributed by atoms with E-state index in [2.05, 4.69) is 33.7 Å². The SMILES string of the molecule is Cn1c(-c2nnc(SCC(=O)NCCC3=CCCCC3)o2)cc2ccccc21. The van der Waals surface area contributed by atoms with E-state index in [9.17, 15) is 4.79 Å². The average molecular weight is 397 g/mol. The molecule has 1 aliphatic carbocycles.